The second-order valence-electron chi connectivity index (χ2n) is 10.5. The third kappa shape index (κ3) is 7.57. The summed E-state index contributed by atoms with van der Waals surface area (Å²) in [6.07, 6.45) is 7.37. The van der Waals surface area contributed by atoms with Gasteiger partial charge in [0.1, 0.15) is 6.04 Å². The molecule has 194 valence electrons. The summed E-state index contributed by atoms with van der Waals surface area (Å²) in [5.41, 5.74) is 3.05. The number of aliphatic hydroxyl groups excluding tert-OH is 1. The maximum atomic E-state index is 13.5. The Bertz CT molecular complexity index is 992. The van der Waals surface area contributed by atoms with E-state index < -0.39 is 18.1 Å². The summed E-state index contributed by atoms with van der Waals surface area (Å²) in [6.45, 7) is 3.29. The molecule has 1 saturated carbocycles. The van der Waals surface area contributed by atoms with Gasteiger partial charge in [0.25, 0.3) is 0 Å². The fourth-order valence-electron chi connectivity index (χ4n) is 5.10. The molecule has 2 aromatic carbocycles. The van der Waals surface area contributed by atoms with Crippen molar-refractivity contribution >= 4 is 23.2 Å². The summed E-state index contributed by atoms with van der Waals surface area (Å²) in [4.78, 5) is 28.6. The normalized spacial score (nSPS) is 19.9. The van der Waals surface area contributed by atoms with E-state index >= 15 is 0 Å². The lowest BCUT2D eigenvalue weighted by molar-refractivity contribution is -0.139. The minimum atomic E-state index is -0.637. The zero-order chi connectivity index (χ0) is 25.3. The summed E-state index contributed by atoms with van der Waals surface area (Å²) in [6, 6.07) is 17.6. The summed E-state index contributed by atoms with van der Waals surface area (Å²) < 4.78 is 0. The van der Waals surface area contributed by atoms with Gasteiger partial charge in [0.2, 0.25) is 11.8 Å². The zero-order valence-electron chi connectivity index (χ0n) is 21.5. The predicted molar refractivity (Wildman–Crippen MR) is 144 cm³/mol. The van der Waals surface area contributed by atoms with Gasteiger partial charge in [-0.05, 0) is 67.9 Å². The first-order valence-electron chi connectivity index (χ1n) is 13.7. The minimum Gasteiger partial charge on any atom is -0.392 e. The Balaban J connectivity index is 1.39. The summed E-state index contributed by atoms with van der Waals surface area (Å²) in [5, 5.41) is 17.2. The minimum absolute atomic E-state index is 0.0181. The second-order valence-corrected chi connectivity index (χ2v) is 10.5. The van der Waals surface area contributed by atoms with E-state index in [9.17, 15) is 14.7 Å². The Morgan fingerprint density at radius 1 is 1.06 bits per heavy atom. The molecule has 2 aromatic rings. The van der Waals surface area contributed by atoms with Crippen LogP contribution in [-0.2, 0) is 16.1 Å². The number of rotatable bonds is 12. The molecule has 3 atom stereocenters. The summed E-state index contributed by atoms with van der Waals surface area (Å²) >= 11 is 0. The van der Waals surface area contributed by atoms with Crippen molar-refractivity contribution in [1.82, 2.24) is 10.2 Å². The third-order valence-corrected chi connectivity index (χ3v) is 7.40. The Hall–Kier alpha value is -2.86. The molecule has 1 aliphatic heterocycles. The van der Waals surface area contributed by atoms with Crippen molar-refractivity contribution in [3.05, 3.63) is 60.2 Å². The van der Waals surface area contributed by atoms with Gasteiger partial charge in [0.05, 0.1) is 12.0 Å². The van der Waals surface area contributed by atoms with Gasteiger partial charge >= 0.3 is 0 Å². The first-order chi connectivity index (χ1) is 17.5. The van der Waals surface area contributed by atoms with Gasteiger partial charge in [-0.15, -0.1) is 0 Å². The zero-order valence-corrected chi connectivity index (χ0v) is 21.5. The fourth-order valence-corrected chi connectivity index (χ4v) is 5.10. The summed E-state index contributed by atoms with van der Waals surface area (Å²) in [7, 11) is 0. The van der Waals surface area contributed by atoms with E-state index in [0.717, 1.165) is 61.9 Å². The second kappa shape index (κ2) is 12.9. The van der Waals surface area contributed by atoms with Crippen molar-refractivity contribution in [3.8, 4) is 0 Å². The van der Waals surface area contributed by atoms with Crippen LogP contribution < -0.4 is 10.6 Å². The van der Waals surface area contributed by atoms with Gasteiger partial charge in [-0.1, -0.05) is 62.9 Å². The molecule has 1 saturated heterocycles. The van der Waals surface area contributed by atoms with Gasteiger partial charge in [0, 0.05) is 24.5 Å². The SMILES string of the molecule is CCCC[C@H](O)[C@@H](CC1CC1)C(=O)N[C@H]1CCCCN(Cc2cccc(Nc3ccccc3)c2)C1=O. The number of carbonyl (C=O) groups is 2. The highest BCUT2D eigenvalue weighted by atomic mass is 16.3. The maximum Gasteiger partial charge on any atom is 0.245 e. The van der Waals surface area contributed by atoms with Gasteiger partial charge in [-0.2, -0.15) is 0 Å². The lowest BCUT2D eigenvalue weighted by Crippen LogP contribution is -2.50. The molecule has 0 unspecified atom stereocenters. The maximum absolute atomic E-state index is 13.5. The van der Waals surface area contributed by atoms with E-state index in [1.54, 1.807) is 0 Å². The highest BCUT2D eigenvalue weighted by molar-refractivity contribution is 5.89. The van der Waals surface area contributed by atoms with Crippen molar-refractivity contribution in [2.24, 2.45) is 11.8 Å². The molecule has 2 aliphatic rings. The van der Waals surface area contributed by atoms with E-state index in [1.807, 2.05) is 53.4 Å². The number of nitrogens with zero attached hydrogens (tertiary/aromatic N) is 1. The van der Waals surface area contributed by atoms with Crippen LogP contribution in [0.5, 0.6) is 0 Å². The molecule has 4 rings (SSSR count). The molecule has 6 nitrogen and oxygen atoms in total. The highest BCUT2D eigenvalue weighted by Crippen LogP contribution is 2.37. The average Bonchev–Trinajstić information content (AvgIpc) is 3.72. The van der Waals surface area contributed by atoms with Crippen molar-refractivity contribution in [1.29, 1.82) is 0 Å². The molecule has 0 bridgehead atoms. The number of hydrogen-bond donors (Lipinski definition) is 3. The largest absolute Gasteiger partial charge is 0.392 e. The number of hydrogen-bond acceptors (Lipinski definition) is 4. The van der Waals surface area contributed by atoms with Crippen molar-refractivity contribution in [3.63, 3.8) is 0 Å². The quantitative estimate of drug-likeness (QED) is 0.372. The van der Waals surface area contributed by atoms with E-state index in [-0.39, 0.29) is 11.8 Å². The van der Waals surface area contributed by atoms with Gasteiger partial charge in [-0.25, -0.2) is 0 Å². The molecule has 3 N–H and O–H groups in total. The van der Waals surface area contributed by atoms with Crippen LogP contribution in [0.25, 0.3) is 0 Å². The number of para-hydroxylation sites is 1. The predicted octanol–water partition coefficient (Wildman–Crippen LogP) is 5.39. The van der Waals surface area contributed by atoms with Crippen LogP contribution in [0, 0.1) is 11.8 Å². The molecule has 36 heavy (non-hydrogen) atoms. The first kappa shape index (κ1) is 26.2. The number of anilines is 2. The van der Waals surface area contributed by atoms with Gasteiger partial charge in [0.15, 0.2) is 0 Å². The molecular weight excluding hydrogens is 450 g/mol. The standard InChI is InChI=1S/C30H41N3O3/c1-2-3-15-28(34)26(20-22-16-17-22)29(35)32-27-14-7-8-18-33(30(27)36)21-23-10-9-13-25(19-23)31-24-11-5-4-6-12-24/h4-6,9-13,19,22,26-28,31,34H,2-3,7-8,14-18,20-21H2,1H3,(H,32,35)/t26-,27+,28+/m1/s1. The van der Waals surface area contributed by atoms with Crippen LogP contribution in [0.4, 0.5) is 11.4 Å². The van der Waals surface area contributed by atoms with E-state index in [0.29, 0.717) is 31.8 Å². The molecule has 1 aliphatic carbocycles. The smallest absolute Gasteiger partial charge is 0.245 e. The lowest BCUT2D eigenvalue weighted by atomic mass is 9.91. The molecule has 0 radical (unpaired) electrons. The number of amides is 2. The molecule has 0 spiro atoms. The Morgan fingerprint density at radius 2 is 1.83 bits per heavy atom. The number of benzene rings is 2. The topological polar surface area (TPSA) is 81.7 Å². The fraction of sp³-hybridized carbons (Fsp3) is 0.533. The van der Waals surface area contributed by atoms with Crippen LogP contribution in [-0.4, -0.2) is 40.5 Å². The first-order valence-corrected chi connectivity index (χ1v) is 13.7. The van der Waals surface area contributed by atoms with Gasteiger partial charge in [-0.3, -0.25) is 9.59 Å². The molecule has 2 fully saturated rings. The van der Waals surface area contributed by atoms with Crippen LogP contribution >= 0.6 is 0 Å². The average molecular weight is 492 g/mol. The Morgan fingerprint density at radius 3 is 2.58 bits per heavy atom. The number of aliphatic hydroxyl groups is 1. The van der Waals surface area contributed by atoms with Crippen LogP contribution in [0.2, 0.25) is 0 Å². The lowest BCUT2D eigenvalue weighted by Gasteiger charge is -2.28. The Labute approximate surface area is 215 Å². The number of carbonyl (C=O) groups excluding carboxylic acids is 2. The monoisotopic (exact) mass is 491 g/mol. The van der Waals surface area contributed by atoms with E-state index in [4.69, 9.17) is 0 Å². The van der Waals surface area contributed by atoms with Crippen LogP contribution in [0.1, 0.15) is 70.3 Å². The van der Waals surface area contributed by atoms with Crippen molar-refractivity contribution in [2.45, 2.75) is 83.4 Å². The molecule has 0 aromatic heterocycles. The number of likely N-dealkylation sites (tertiary alicyclic amines) is 1. The molecular formula is C30H41N3O3. The third-order valence-electron chi connectivity index (χ3n) is 7.40. The summed E-state index contributed by atoms with van der Waals surface area (Å²) in [5.74, 6) is -0.0559. The highest BCUT2D eigenvalue weighted by Gasteiger charge is 2.36. The molecule has 2 amide bonds. The van der Waals surface area contributed by atoms with E-state index in [2.05, 4.69) is 23.6 Å². The molecule has 1 heterocycles. The van der Waals surface area contributed by atoms with E-state index in [1.165, 1.54) is 0 Å². The van der Waals surface area contributed by atoms with Crippen LogP contribution in [0.15, 0.2) is 54.6 Å². The van der Waals surface area contributed by atoms with Crippen molar-refractivity contribution < 1.29 is 14.7 Å². The van der Waals surface area contributed by atoms with Crippen LogP contribution in [0.3, 0.4) is 0 Å². The van der Waals surface area contributed by atoms with Gasteiger partial charge < -0.3 is 20.6 Å². The van der Waals surface area contributed by atoms with Crippen molar-refractivity contribution in [2.75, 3.05) is 11.9 Å². The molecule has 6 heteroatoms. The number of nitrogens with one attached hydrogen (secondary N) is 2. The Kier molecular flexibility index (Phi) is 9.40. The number of unbranched alkanes of at least 4 members (excludes halogenated alkanes) is 1.